The number of anilines is 3. The molecule has 0 aliphatic rings. The van der Waals surface area contributed by atoms with Crippen molar-refractivity contribution >= 4 is 70.4 Å². The maximum atomic E-state index is 9.43. The summed E-state index contributed by atoms with van der Waals surface area (Å²) in [5.74, 6) is 0. The van der Waals surface area contributed by atoms with Crippen molar-refractivity contribution < 1.29 is 0 Å². The summed E-state index contributed by atoms with van der Waals surface area (Å²) in [5.41, 5.74) is 16.7. The highest BCUT2D eigenvalue weighted by molar-refractivity contribution is 7.26. The Kier molecular flexibility index (Phi) is 9.41. The topological polar surface area (TPSA) is 32.0 Å². The number of aromatic nitrogens is 1. The third-order valence-electron chi connectivity index (χ3n) is 12.7. The van der Waals surface area contributed by atoms with Crippen LogP contribution in [-0.2, 0) is 0 Å². The lowest BCUT2D eigenvalue weighted by molar-refractivity contribution is 1.18. The number of benzene rings is 10. The van der Waals surface area contributed by atoms with Crippen molar-refractivity contribution in [1.29, 1.82) is 5.26 Å². The summed E-state index contributed by atoms with van der Waals surface area (Å²) in [7, 11) is 0. The number of hydrogen-bond acceptors (Lipinski definition) is 3. The molecule has 0 amide bonds. The van der Waals surface area contributed by atoms with Gasteiger partial charge in [0.25, 0.3) is 0 Å². The summed E-state index contributed by atoms with van der Waals surface area (Å²) >= 11 is 1.87. The summed E-state index contributed by atoms with van der Waals surface area (Å²) in [4.78, 5) is 2.35. The Morgan fingerprint density at radius 3 is 1.55 bits per heavy atom. The van der Waals surface area contributed by atoms with Crippen molar-refractivity contribution in [2.45, 2.75) is 0 Å². The fourth-order valence-electron chi connectivity index (χ4n) is 9.44. The van der Waals surface area contributed by atoms with Crippen LogP contribution in [0.5, 0.6) is 0 Å². The second-order valence-electron chi connectivity index (χ2n) is 16.4. The smallest absolute Gasteiger partial charge is 0.0991 e. The highest BCUT2D eigenvalue weighted by atomic mass is 32.1. The van der Waals surface area contributed by atoms with Gasteiger partial charge in [-0.15, -0.1) is 11.3 Å². The first-order valence-corrected chi connectivity index (χ1v) is 22.7. The van der Waals surface area contributed by atoms with Crippen LogP contribution in [0.15, 0.2) is 237 Å². The van der Waals surface area contributed by atoms with E-state index in [0.29, 0.717) is 5.56 Å². The van der Waals surface area contributed by atoms with E-state index in [1.165, 1.54) is 64.3 Å². The summed E-state index contributed by atoms with van der Waals surface area (Å²) in [6.45, 7) is 0. The first kappa shape index (κ1) is 38.2. The molecule has 0 saturated carbocycles. The Morgan fingerprint density at radius 2 is 0.877 bits per heavy atom. The van der Waals surface area contributed by atoms with Crippen molar-refractivity contribution in [3.05, 3.63) is 242 Å². The molecule has 3 nitrogen and oxygen atoms in total. The summed E-state index contributed by atoms with van der Waals surface area (Å²) < 4.78 is 4.92. The molecular weight excluding hydrogens is 807 g/mol. The van der Waals surface area contributed by atoms with Gasteiger partial charge in [-0.05, 0) is 136 Å². The molecule has 0 fully saturated rings. The SMILES string of the molecule is N#Cc1ccc(-n2c3ccccc3c3cc(-c4ccc(N(c5ccc(-c6cccc(-c7ccccc7)c6)cc5)c5ccc(-c6cccc7c6sc6ccccc67)cc5)cc4)ccc32)cc1. The first-order chi connectivity index (χ1) is 32.2. The van der Waals surface area contributed by atoms with E-state index in [2.05, 4.69) is 228 Å². The van der Waals surface area contributed by atoms with Gasteiger partial charge in [0, 0.05) is 53.7 Å². The summed E-state index contributed by atoms with van der Waals surface area (Å²) in [5, 5.41) is 14.4. The minimum absolute atomic E-state index is 0.651. The molecule has 0 atom stereocenters. The molecule has 0 spiro atoms. The van der Waals surface area contributed by atoms with Gasteiger partial charge < -0.3 is 9.47 Å². The lowest BCUT2D eigenvalue weighted by atomic mass is 9.98. The van der Waals surface area contributed by atoms with E-state index in [9.17, 15) is 5.26 Å². The molecular formula is C61H39N3S. The molecule has 0 unspecified atom stereocenters. The number of hydrogen-bond donors (Lipinski definition) is 0. The van der Waals surface area contributed by atoms with Crippen molar-refractivity contribution in [2.24, 2.45) is 0 Å². The van der Waals surface area contributed by atoms with Crippen molar-refractivity contribution in [3.8, 4) is 56.3 Å². The van der Waals surface area contributed by atoms with Gasteiger partial charge in [0.1, 0.15) is 0 Å². The van der Waals surface area contributed by atoms with E-state index in [1.54, 1.807) is 0 Å². The normalized spacial score (nSPS) is 11.4. The molecule has 12 rings (SSSR count). The Balaban J connectivity index is 0.922. The maximum Gasteiger partial charge on any atom is 0.0991 e. The maximum absolute atomic E-state index is 9.43. The number of thiophene rings is 1. The van der Waals surface area contributed by atoms with Gasteiger partial charge in [-0.3, -0.25) is 0 Å². The largest absolute Gasteiger partial charge is 0.311 e. The molecule has 10 aromatic carbocycles. The summed E-state index contributed by atoms with van der Waals surface area (Å²) in [6.07, 6.45) is 0. The van der Waals surface area contributed by atoms with E-state index in [-0.39, 0.29) is 0 Å². The minimum atomic E-state index is 0.651. The second kappa shape index (κ2) is 16.0. The molecule has 0 N–H and O–H groups in total. The van der Waals surface area contributed by atoms with E-state index in [1.807, 2.05) is 35.6 Å². The lowest BCUT2D eigenvalue weighted by Gasteiger charge is -2.26. The Bertz CT molecular complexity index is 3740. The third kappa shape index (κ3) is 6.83. The van der Waals surface area contributed by atoms with Gasteiger partial charge in [0.2, 0.25) is 0 Å². The van der Waals surface area contributed by atoms with Crippen LogP contribution in [0.3, 0.4) is 0 Å². The third-order valence-corrected chi connectivity index (χ3v) is 13.9. The molecule has 0 aliphatic carbocycles. The van der Waals surface area contributed by atoms with Crippen LogP contribution in [-0.4, -0.2) is 4.57 Å². The number of nitrogens with zero attached hydrogens (tertiary/aromatic N) is 3. The van der Waals surface area contributed by atoms with Crippen LogP contribution in [0.4, 0.5) is 17.1 Å². The van der Waals surface area contributed by atoms with Crippen LogP contribution in [0.25, 0.3) is 92.2 Å². The van der Waals surface area contributed by atoms with Gasteiger partial charge in [-0.2, -0.15) is 5.26 Å². The molecule has 4 heteroatoms. The van der Waals surface area contributed by atoms with Crippen LogP contribution in [0.2, 0.25) is 0 Å². The fourth-order valence-corrected chi connectivity index (χ4v) is 10.7. The van der Waals surface area contributed by atoms with Crippen molar-refractivity contribution in [1.82, 2.24) is 4.57 Å². The van der Waals surface area contributed by atoms with E-state index in [4.69, 9.17) is 0 Å². The van der Waals surface area contributed by atoms with Crippen LogP contribution < -0.4 is 4.90 Å². The van der Waals surface area contributed by atoms with Gasteiger partial charge in [0.15, 0.2) is 0 Å². The fraction of sp³-hybridized carbons (Fsp3) is 0. The Hall–Kier alpha value is -8.49. The molecule has 65 heavy (non-hydrogen) atoms. The van der Waals surface area contributed by atoms with E-state index in [0.717, 1.165) is 44.9 Å². The average Bonchev–Trinajstić information content (AvgIpc) is 3.93. The van der Waals surface area contributed by atoms with Gasteiger partial charge in [-0.1, -0.05) is 146 Å². The highest BCUT2D eigenvalue weighted by Crippen LogP contribution is 2.43. The molecule has 0 bridgehead atoms. The minimum Gasteiger partial charge on any atom is -0.311 e. The molecule has 2 heterocycles. The number of nitriles is 1. The lowest BCUT2D eigenvalue weighted by Crippen LogP contribution is -2.09. The zero-order chi connectivity index (χ0) is 43.3. The van der Waals surface area contributed by atoms with Crippen LogP contribution in [0, 0.1) is 11.3 Å². The van der Waals surface area contributed by atoms with Gasteiger partial charge >= 0.3 is 0 Å². The zero-order valence-electron chi connectivity index (χ0n) is 35.3. The van der Waals surface area contributed by atoms with Gasteiger partial charge in [0.05, 0.1) is 22.7 Å². The standard InChI is InChI=1S/C61H39N3S/c62-40-41-20-29-52(30-21-41)64-58-18-6-4-14-54(58)57-39-48(28-37-59(57)64)44-24-33-50(34-25-44)63(49-31-22-43(23-32-49)47-13-8-12-46(38-47)42-10-2-1-3-11-42)51-35-26-45(27-36-51)53-16-9-17-56-55-15-5-7-19-60(55)65-61(53)56/h1-39H. The molecule has 2 aromatic heterocycles. The van der Waals surface area contributed by atoms with Crippen molar-refractivity contribution in [2.75, 3.05) is 4.90 Å². The molecule has 0 radical (unpaired) electrons. The average molecular weight is 846 g/mol. The van der Waals surface area contributed by atoms with Crippen molar-refractivity contribution in [3.63, 3.8) is 0 Å². The van der Waals surface area contributed by atoms with Crippen LogP contribution >= 0.6 is 11.3 Å². The molecule has 12 aromatic rings. The van der Waals surface area contributed by atoms with Crippen LogP contribution in [0.1, 0.15) is 5.56 Å². The second-order valence-corrected chi connectivity index (χ2v) is 17.5. The number of para-hydroxylation sites is 1. The first-order valence-electron chi connectivity index (χ1n) is 21.9. The predicted molar refractivity (Wildman–Crippen MR) is 275 cm³/mol. The highest BCUT2D eigenvalue weighted by Gasteiger charge is 2.17. The zero-order valence-corrected chi connectivity index (χ0v) is 36.1. The number of fused-ring (bicyclic) bond motifs is 6. The molecule has 304 valence electrons. The number of rotatable bonds is 8. The molecule has 0 saturated heterocycles. The van der Waals surface area contributed by atoms with E-state index >= 15 is 0 Å². The Morgan fingerprint density at radius 1 is 0.369 bits per heavy atom. The van der Waals surface area contributed by atoms with E-state index < -0.39 is 0 Å². The summed E-state index contributed by atoms with van der Waals surface area (Å²) in [6, 6.07) is 87.1. The predicted octanol–water partition coefficient (Wildman–Crippen LogP) is 17.2. The monoisotopic (exact) mass is 845 g/mol. The van der Waals surface area contributed by atoms with Gasteiger partial charge in [-0.25, -0.2) is 0 Å². The molecule has 0 aliphatic heterocycles. The quantitative estimate of drug-likeness (QED) is 0.153. The Labute approximate surface area is 381 Å².